The Morgan fingerprint density at radius 3 is 2.43 bits per heavy atom. The van der Waals surface area contributed by atoms with Crippen LogP contribution in [0.4, 0.5) is 4.39 Å². The first kappa shape index (κ1) is 17.4. The second-order valence-corrected chi connectivity index (χ2v) is 6.89. The molecule has 2 rings (SSSR count). The van der Waals surface area contributed by atoms with Crippen molar-refractivity contribution >= 4 is 31.9 Å². The zero-order chi connectivity index (χ0) is 16.9. The van der Waals surface area contributed by atoms with Crippen LogP contribution in [0.2, 0.25) is 0 Å². The summed E-state index contributed by atoms with van der Waals surface area (Å²) in [4.78, 5) is 12.8. The third-order valence-corrected chi connectivity index (χ3v) is 4.44. The van der Waals surface area contributed by atoms with Crippen molar-refractivity contribution in [3.8, 4) is 5.75 Å². The number of hydrazine groups is 1. The number of halogens is 2. The number of hydrogen-bond acceptors (Lipinski definition) is 4. The van der Waals surface area contributed by atoms with Gasteiger partial charge in [0.15, 0.2) is 6.61 Å². The van der Waals surface area contributed by atoms with Gasteiger partial charge in [0.05, 0.1) is 0 Å². The second-order valence-electron chi connectivity index (χ2n) is 4.33. The standard InChI is InChI=1S/C14H12BrFN2O4S/c15-10-5-7-11(8-6-10)22-9-14(19)17-18-23(20,21)13-4-2-1-3-12(13)16/h1-8,18H,9H2,(H,17,19). The largest absolute Gasteiger partial charge is 0.484 e. The van der Waals surface area contributed by atoms with Gasteiger partial charge < -0.3 is 4.74 Å². The number of benzene rings is 2. The van der Waals surface area contributed by atoms with Gasteiger partial charge in [-0.3, -0.25) is 10.2 Å². The van der Waals surface area contributed by atoms with Crippen LogP contribution in [0.3, 0.4) is 0 Å². The summed E-state index contributed by atoms with van der Waals surface area (Å²) in [6, 6.07) is 11.6. The monoisotopic (exact) mass is 402 g/mol. The van der Waals surface area contributed by atoms with E-state index < -0.39 is 33.3 Å². The Hall–Kier alpha value is -1.97. The normalized spacial score (nSPS) is 11.0. The molecule has 0 heterocycles. The minimum absolute atomic E-state index is 0.401. The van der Waals surface area contributed by atoms with E-state index in [9.17, 15) is 17.6 Å². The number of nitrogens with one attached hydrogen (secondary N) is 2. The van der Waals surface area contributed by atoms with Crippen LogP contribution in [0.25, 0.3) is 0 Å². The highest BCUT2D eigenvalue weighted by atomic mass is 79.9. The van der Waals surface area contributed by atoms with Crippen molar-refractivity contribution in [2.24, 2.45) is 0 Å². The fourth-order valence-corrected chi connectivity index (χ4v) is 2.76. The Bertz CT molecular complexity index is 797. The summed E-state index contributed by atoms with van der Waals surface area (Å²) in [5.74, 6) is -1.20. The topological polar surface area (TPSA) is 84.5 Å². The van der Waals surface area contributed by atoms with Gasteiger partial charge in [-0.2, -0.15) is 0 Å². The number of carbonyl (C=O) groups excluding carboxylic acids is 1. The highest BCUT2D eigenvalue weighted by Crippen LogP contribution is 2.16. The van der Waals surface area contributed by atoms with Crippen LogP contribution >= 0.6 is 15.9 Å². The average Bonchev–Trinajstić information content (AvgIpc) is 2.53. The van der Waals surface area contributed by atoms with Crippen molar-refractivity contribution in [3.63, 3.8) is 0 Å². The maximum atomic E-state index is 13.5. The fraction of sp³-hybridized carbons (Fsp3) is 0.0714. The van der Waals surface area contributed by atoms with E-state index in [0.717, 1.165) is 16.6 Å². The lowest BCUT2D eigenvalue weighted by atomic mass is 10.3. The Labute approximate surface area is 140 Å². The van der Waals surface area contributed by atoms with Gasteiger partial charge in [-0.05, 0) is 36.4 Å². The Morgan fingerprint density at radius 2 is 1.78 bits per heavy atom. The molecule has 0 fully saturated rings. The van der Waals surface area contributed by atoms with Crippen molar-refractivity contribution in [2.45, 2.75) is 4.90 Å². The van der Waals surface area contributed by atoms with Crippen molar-refractivity contribution in [1.82, 2.24) is 10.3 Å². The van der Waals surface area contributed by atoms with Crippen molar-refractivity contribution in [3.05, 3.63) is 58.8 Å². The van der Waals surface area contributed by atoms with Gasteiger partial charge in [-0.15, -0.1) is 4.83 Å². The highest BCUT2D eigenvalue weighted by Gasteiger charge is 2.19. The SMILES string of the molecule is O=C(COc1ccc(Br)cc1)NNS(=O)(=O)c1ccccc1F. The van der Waals surface area contributed by atoms with Crippen LogP contribution in [0, 0.1) is 5.82 Å². The van der Waals surface area contributed by atoms with E-state index >= 15 is 0 Å². The molecule has 9 heteroatoms. The molecule has 0 aliphatic carbocycles. The van der Waals surface area contributed by atoms with E-state index in [2.05, 4.69) is 15.9 Å². The molecule has 0 aliphatic heterocycles. The highest BCUT2D eigenvalue weighted by molar-refractivity contribution is 9.10. The van der Waals surface area contributed by atoms with Crippen molar-refractivity contribution in [1.29, 1.82) is 0 Å². The third-order valence-electron chi connectivity index (χ3n) is 2.63. The lowest BCUT2D eigenvalue weighted by Gasteiger charge is -2.10. The van der Waals surface area contributed by atoms with Gasteiger partial charge >= 0.3 is 0 Å². The molecule has 2 aromatic rings. The molecule has 1 amide bonds. The summed E-state index contributed by atoms with van der Waals surface area (Å²) < 4.78 is 43.2. The van der Waals surface area contributed by atoms with Crippen LogP contribution in [-0.2, 0) is 14.8 Å². The molecular formula is C14H12BrFN2O4S. The van der Waals surface area contributed by atoms with Gasteiger partial charge in [0.1, 0.15) is 16.5 Å². The van der Waals surface area contributed by atoms with E-state index in [1.165, 1.54) is 12.1 Å². The van der Waals surface area contributed by atoms with Gasteiger partial charge in [-0.25, -0.2) is 12.8 Å². The van der Waals surface area contributed by atoms with Crippen LogP contribution in [0.5, 0.6) is 5.75 Å². The zero-order valence-corrected chi connectivity index (χ0v) is 14.0. The number of hydrogen-bond donors (Lipinski definition) is 2. The second kappa shape index (κ2) is 7.53. The molecule has 0 spiro atoms. The predicted molar refractivity (Wildman–Crippen MR) is 84.5 cm³/mol. The molecule has 0 atom stereocenters. The first-order valence-corrected chi connectivity index (χ1v) is 8.59. The molecule has 122 valence electrons. The van der Waals surface area contributed by atoms with Crippen LogP contribution in [0.1, 0.15) is 0 Å². The van der Waals surface area contributed by atoms with Gasteiger partial charge in [-0.1, -0.05) is 28.1 Å². The summed E-state index contributed by atoms with van der Waals surface area (Å²) in [6.45, 7) is -0.401. The van der Waals surface area contributed by atoms with E-state index in [0.29, 0.717) is 5.75 Å². The Kier molecular flexibility index (Phi) is 5.69. The first-order valence-electron chi connectivity index (χ1n) is 6.32. The molecule has 0 saturated heterocycles. The lowest BCUT2D eigenvalue weighted by Crippen LogP contribution is -2.43. The van der Waals surface area contributed by atoms with E-state index in [4.69, 9.17) is 4.74 Å². The lowest BCUT2D eigenvalue weighted by molar-refractivity contribution is -0.123. The minimum atomic E-state index is -4.19. The van der Waals surface area contributed by atoms with E-state index in [-0.39, 0.29) is 0 Å². The minimum Gasteiger partial charge on any atom is -0.484 e. The predicted octanol–water partition coefficient (Wildman–Crippen LogP) is 1.98. The Morgan fingerprint density at radius 1 is 1.13 bits per heavy atom. The molecule has 2 N–H and O–H groups in total. The number of amides is 1. The number of ether oxygens (including phenoxy) is 1. The molecular weight excluding hydrogens is 391 g/mol. The van der Waals surface area contributed by atoms with Crippen LogP contribution < -0.4 is 15.0 Å². The first-order chi connectivity index (χ1) is 10.9. The van der Waals surface area contributed by atoms with Gasteiger partial charge in [0.2, 0.25) is 0 Å². The summed E-state index contributed by atoms with van der Waals surface area (Å²) >= 11 is 3.26. The molecule has 0 aliphatic rings. The molecule has 0 unspecified atom stereocenters. The molecule has 0 aromatic heterocycles. The number of sulfonamides is 1. The fourth-order valence-electron chi connectivity index (χ4n) is 1.56. The van der Waals surface area contributed by atoms with Crippen LogP contribution in [0.15, 0.2) is 57.9 Å². The smallest absolute Gasteiger partial charge is 0.272 e. The van der Waals surface area contributed by atoms with Gasteiger partial charge in [0, 0.05) is 4.47 Å². The molecule has 0 saturated carbocycles. The number of rotatable bonds is 6. The molecule has 23 heavy (non-hydrogen) atoms. The van der Waals surface area contributed by atoms with E-state index in [1.54, 1.807) is 29.1 Å². The summed E-state index contributed by atoms with van der Waals surface area (Å²) in [5.41, 5.74) is 1.95. The summed E-state index contributed by atoms with van der Waals surface area (Å²) in [5, 5.41) is 0. The molecule has 6 nitrogen and oxygen atoms in total. The average molecular weight is 403 g/mol. The maximum absolute atomic E-state index is 13.5. The molecule has 0 radical (unpaired) electrons. The quantitative estimate of drug-likeness (QED) is 0.723. The van der Waals surface area contributed by atoms with Crippen LogP contribution in [-0.4, -0.2) is 20.9 Å². The van der Waals surface area contributed by atoms with E-state index in [1.807, 2.05) is 5.43 Å². The maximum Gasteiger partial charge on any atom is 0.272 e. The summed E-state index contributed by atoms with van der Waals surface area (Å²) in [7, 11) is -4.19. The third kappa shape index (κ3) is 5.02. The van der Waals surface area contributed by atoms with Crippen molar-refractivity contribution in [2.75, 3.05) is 6.61 Å². The van der Waals surface area contributed by atoms with Gasteiger partial charge in [0.25, 0.3) is 15.9 Å². The Balaban J connectivity index is 1.89. The zero-order valence-electron chi connectivity index (χ0n) is 11.6. The molecule has 0 bridgehead atoms. The number of carbonyl (C=O) groups is 1. The molecule has 2 aromatic carbocycles. The summed E-state index contributed by atoms with van der Waals surface area (Å²) in [6.07, 6.45) is 0. The van der Waals surface area contributed by atoms with Crippen molar-refractivity contribution < 1.29 is 22.3 Å².